The predicted molar refractivity (Wildman–Crippen MR) is 67.4 cm³/mol. The van der Waals surface area contributed by atoms with Crippen molar-refractivity contribution in [3.63, 3.8) is 0 Å². The highest BCUT2D eigenvalue weighted by molar-refractivity contribution is 5.84. The van der Waals surface area contributed by atoms with Crippen molar-refractivity contribution in [2.45, 2.75) is 51.0 Å². The minimum atomic E-state index is -1.12. The maximum absolute atomic E-state index is 11.7. The lowest BCUT2D eigenvalue weighted by Crippen LogP contribution is -2.41. The Balaban J connectivity index is 2.36. The van der Waals surface area contributed by atoms with Crippen LogP contribution in [-0.4, -0.2) is 36.1 Å². The Morgan fingerprint density at radius 3 is 2.47 bits per heavy atom. The van der Waals surface area contributed by atoms with E-state index in [9.17, 15) is 14.4 Å². The SMILES string of the molecule is COC(=O)CCC(NC(=O)CC1CCCC1)C(=O)O. The summed E-state index contributed by atoms with van der Waals surface area (Å²) < 4.78 is 4.45. The fraction of sp³-hybridized carbons (Fsp3) is 0.769. The molecule has 1 aliphatic rings. The molecule has 1 saturated carbocycles. The summed E-state index contributed by atoms with van der Waals surface area (Å²) in [5.74, 6) is -1.47. The van der Waals surface area contributed by atoms with Gasteiger partial charge in [-0.1, -0.05) is 12.8 Å². The van der Waals surface area contributed by atoms with Crippen LogP contribution >= 0.6 is 0 Å². The van der Waals surface area contributed by atoms with Gasteiger partial charge in [-0.2, -0.15) is 0 Å². The molecular weight excluding hydrogens is 250 g/mol. The molecule has 1 atom stereocenters. The zero-order chi connectivity index (χ0) is 14.3. The number of aliphatic carboxylic acids is 1. The maximum atomic E-state index is 11.7. The normalized spacial score (nSPS) is 16.9. The van der Waals surface area contributed by atoms with Crippen LogP contribution in [0.3, 0.4) is 0 Å². The van der Waals surface area contributed by atoms with Crippen molar-refractivity contribution in [2.24, 2.45) is 5.92 Å². The number of carboxylic acid groups (broad SMARTS) is 1. The number of methoxy groups -OCH3 is 1. The van der Waals surface area contributed by atoms with Crippen LogP contribution in [0.15, 0.2) is 0 Å². The Kier molecular flexibility index (Phi) is 6.32. The topological polar surface area (TPSA) is 92.7 Å². The molecule has 0 aromatic heterocycles. The van der Waals surface area contributed by atoms with E-state index in [1.54, 1.807) is 0 Å². The van der Waals surface area contributed by atoms with Crippen molar-refractivity contribution in [1.82, 2.24) is 5.32 Å². The van der Waals surface area contributed by atoms with E-state index in [1.807, 2.05) is 0 Å². The second-order valence-corrected chi connectivity index (χ2v) is 4.93. The van der Waals surface area contributed by atoms with Crippen LogP contribution in [-0.2, 0) is 19.1 Å². The standard InChI is InChI=1S/C13H21NO5/c1-19-12(16)7-6-10(13(17)18)14-11(15)8-9-4-2-3-5-9/h9-10H,2-8H2,1H3,(H,14,15)(H,17,18). The summed E-state index contributed by atoms with van der Waals surface area (Å²) in [7, 11) is 1.25. The van der Waals surface area contributed by atoms with E-state index in [4.69, 9.17) is 5.11 Å². The summed E-state index contributed by atoms with van der Waals surface area (Å²) in [5.41, 5.74) is 0. The molecule has 1 unspecified atom stereocenters. The van der Waals surface area contributed by atoms with Gasteiger partial charge in [0, 0.05) is 12.8 Å². The average molecular weight is 271 g/mol. The molecule has 1 aliphatic carbocycles. The van der Waals surface area contributed by atoms with Gasteiger partial charge in [0.1, 0.15) is 6.04 Å². The lowest BCUT2D eigenvalue weighted by atomic mass is 10.0. The van der Waals surface area contributed by atoms with E-state index in [2.05, 4.69) is 10.1 Å². The van der Waals surface area contributed by atoms with Crippen LogP contribution in [0.2, 0.25) is 0 Å². The van der Waals surface area contributed by atoms with Gasteiger partial charge < -0.3 is 15.2 Å². The molecule has 0 spiro atoms. The molecule has 6 nitrogen and oxygen atoms in total. The first-order valence-corrected chi connectivity index (χ1v) is 6.62. The molecule has 1 fully saturated rings. The minimum absolute atomic E-state index is 0.0167. The molecule has 0 radical (unpaired) electrons. The number of carbonyl (C=O) groups excluding carboxylic acids is 2. The van der Waals surface area contributed by atoms with E-state index < -0.39 is 18.0 Å². The van der Waals surface area contributed by atoms with Gasteiger partial charge in [0.05, 0.1) is 7.11 Å². The first kappa shape index (κ1) is 15.5. The van der Waals surface area contributed by atoms with Gasteiger partial charge in [0.15, 0.2) is 0 Å². The van der Waals surface area contributed by atoms with Gasteiger partial charge in [-0.05, 0) is 25.2 Å². The highest BCUT2D eigenvalue weighted by Gasteiger charge is 2.24. The fourth-order valence-corrected chi connectivity index (χ4v) is 2.35. The first-order valence-electron chi connectivity index (χ1n) is 6.62. The number of esters is 1. The van der Waals surface area contributed by atoms with E-state index in [1.165, 1.54) is 7.11 Å². The van der Waals surface area contributed by atoms with E-state index >= 15 is 0 Å². The summed E-state index contributed by atoms with van der Waals surface area (Å²) in [5, 5.41) is 11.5. The average Bonchev–Trinajstić information content (AvgIpc) is 2.86. The summed E-state index contributed by atoms with van der Waals surface area (Å²) in [4.78, 5) is 33.7. The lowest BCUT2D eigenvalue weighted by molar-refractivity contribution is -0.144. The molecule has 0 aliphatic heterocycles. The first-order chi connectivity index (χ1) is 9.02. The zero-order valence-corrected chi connectivity index (χ0v) is 11.2. The molecule has 1 amide bonds. The van der Waals surface area contributed by atoms with Gasteiger partial charge >= 0.3 is 11.9 Å². The third-order valence-corrected chi connectivity index (χ3v) is 3.45. The number of hydrogen-bond acceptors (Lipinski definition) is 4. The molecule has 0 aromatic rings. The van der Waals surface area contributed by atoms with Crippen molar-refractivity contribution < 1.29 is 24.2 Å². The summed E-state index contributed by atoms with van der Waals surface area (Å²) in [6.45, 7) is 0. The molecule has 0 bridgehead atoms. The number of rotatable bonds is 7. The molecule has 6 heteroatoms. The number of nitrogens with one attached hydrogen (secondary N) is 1. The third kappa shape index (κ3) is 5.72. The van der Waals surface area contributed by atoms with Crippen LogP contribution in [0, 0.1) is 5.92 Å². The largest absolute Gasteiger partial charge is 0.480 e. The van der Waals surface area contributed by atoms with Gasteiger partial charge in [-0.25, -0.2) is 4.79 Å². The van der Waals surface area contributed by atoms with Gasteiger partial charge in [-0.3, -0.25) is 9.59 Å². The number of amides is 1. The van der Waals surface area contributed by atoms with Crippen molar-refractivity contribution >= 4 is 17.8 Å². The predicted octanol–water partition coefficient (Wildman–Crippen LogP) is 1.09. The van der Waals surface area contributed by atoms with Gasteiger partial charge in [0.2, 0.25) is 5.91 Å². The van der Waals surface area contributed by atoms with Crippen LogP contribution in [0.4, 0.5) is 0 Å². The van der Waals surface area contributed by atoms with Gasteiger partial charge in [0.25, 0.3) is 0 Å². The van der Waals surface area contributed by atoms with Crippen LogP contribution in [0.1, 0.15) is 44.9 Å². The third-order valence-electron chi connectivity index (χ3n) is 3.45. The Labute approximate surface area is 112 Å². The molecule has 1 rings (SSSR count). The second kappa shape index (κ2) is 7.76. The Hall–Kier alpha value is -1.59. The number of ether oxygens (including phenoxy) is 1. The summed E-state index contributed by atoms with van der Waals surface area (Å²) >= 11 is 0. The van der Waals surface area contributed by atoms with Crippen molar-refractivity contribution in [1.29, 1.82) is 0 Å². The van der Waals surface area contributed by atoms with E-state index in [-0.39, 0.29) is 18.7 Å². The molecule has 19 heavy (non-hydrogen) atoms. The number of carboxylic acids is 1. The molecule has 2 N–H and O–H groups in total. The zero-order valence-electron chi connectivity index (χ0n) is 11.2. The minimum Gasteiger partial charge on any atom is -0.480 e. The molecular formula is C13H21NO5. The highest BCUT2D eigenvalue weighted by Crippen LogP contribution is 2.27. The van der Waals surface area contributed by atoms with Crippen LogP contribution in [0.5, 0.6) is 0 Å². The smallest absolute Gasteiger partial charge is 0.326 e. The van der Waals surface area contributed by atoms with Gasteiger partial charge in [-0.15, -0.1) is 0 Å². The quantitative estimate of drug-likeness (QED) is 0.676. The van der Waals surface area contributed by atoms with Crippen LogP contribution in [0.25, 0.3) is 0 Å². The Morgan fingerprint density at radius 1 is 1.32 bits per heavy atom. The van der Waals surface area contributed by atoms with Crippen molar-refractivity contribution in [2.75, 3.05) is 7.11 Å². The highest BCUT2D eigenvalue weighted by atomic mass is 16.5. The number of hydrogen-bond donors (Lipinski definition) is 2. The Morgan fingerprint density at radius 2 is 1.95 bits per heavy atom. The second-order valence-electron chi connectivity index (χ2n) is 4.93. The fourth-order valence-electron chi connectivity index (χ4n) is 2.35. The summed E-state index contributed by atoms with van der Waals surface area (Å²) in [6, 6.07) is -1.02. The Bertz CT molecular complexity index is 336. The summed E-state index contributed by atoms with van der Waals surface area (Å²) in [6.07, 6.45) is 4.77. The van der Waals surface area contributed by atoms with Crippen molar-refractivity contribution in [3.05, 3.63) is 0 Å². The van der Waals surface area contributed by atoms with Crippen molar-refractivity contribution in [3.8, 4) is 0 Å². The molecule has 0 heterocycles. The maximum Gasteiger partial charge on any atom is 0.326 e. The monoisotopic (exact) mass is 271 g/mol. The van der Waals surface area contributed by atoms with E-state index in [0.29, 0.717) is 12.3 Å². The van der Waals surface area contributed by atoms with E-state index in [0.717, 1.165) is 25.7 Å². The molecule has 108 valence electrons. The molecule has 0 saturated heterocycles. The molecule has 0 aromatic carbocycles. The lowest BCUT2D eigenvalue weighted by Gasteiger charge is -2.15. The van der Waals surface area contributed by atoms with Crippen LogP contribution < -0.4 is 5.32 Å². The number of carbonyl (C=O) groups is 3.